The van der Waals surface area contributed by atoms with Crippen LogP contribution in [0.25, 0.3) is 16.8 Å². The minimum atomic E-state index is -0.618. The molecule has 0 saturated heterocycles. The van der Waals surface area contributed by atoms with Gasteiger partial charge in [0.25, 0.3) is 5.56 Å². The molecule has 0 amide bonds. The van der Waals surface area contributed by atoms with Gasteiger partial charge in [-0.05, 0) is 66.4 Å². The van der Waals surface area contributed by atoms with Crippen LogP contribution in [-0.4, -0.2) is 17.1 Å². The summed E-state index contributed by atoms with van der Waals surface area (Å²) in [5.74, 6) is 0.285. The van der Waals surface area contributed by atoms with Crippen LogP contribution in [0, 0.1) is 6.92 Å². The highest BCUT2D eigenvalue weighted by Gasteiger charge is 2.33. The maximum atomic E-state index is 13.8. The minimum absolute atomic E-state index is 0.199. The van der Waals surface area contributed by atoms with Gasteiger partial charge in [0.05, 0.1) is 28.5 Å². The number of aromatic nitrogens is 1. The van der Waals surface area contributed by atoms with Crippen molar-refractivity contribution < 1.29 is 14.3 Å². The third-order valence-electron chi connectivity index (χ3n) is 7.36. The third kappa shape index (κ3) is 5.31. The Morgan fingerprint density at radius 1 is 0.952 bits per heavy atom. The maximum Gasteiger partial charge on any atom is 0.338 e. The second-order valence-electron chi connectivity index (χ2n) is 10.2. The summed E-state index contributed by atoms with van der Waals surface area (Å²) in [7, 11) is 0. The molecular weight excluding hydrogens is 544 g/mol. The molecule has 0 unspecified atom stereocenters. The van der Waals surface area contributed by atoms with E-state index >= 15 is 0 Å². The molecule has 0 bridgehead atoms. The van der Waals surface area contributed by atoms with Crippen LogP contribution in [0.3, 0.4) is 0 Å². The monoisotopic (exact) mass is 574 g/mol. The van der Waals surface area contributed by atoms with E-state index in [9.17, 15) is 9.59 Å². The van der Waals surface area contributed by atoms with Gasteiger partial charge in [-0.2, -0.15) is 0 Å². The van der Waals surface area contributed by atoms with Crippen molar-refractivity contribution >= 4 is 34.2 Å². The molecule has 1 aliphatic rings. The van der Waals surface area contributed by atoms with E-state index in [0.717, 1.165) is 28.0 Å². The van der Waals surface area contributed by atoms with Gasteiger partial charge in [-0.25, -0.2) is 9.79 Å². The number of benzene rings is 4. The summed E-state index contributed by atoms with van der Waals surface area (Å²) < 4.78 is 13.6. The van der Waals surface area contributed by atoms with Crippen molar-refractivity contribution in [3.8, 4) is 5.75 Å². The lowest BCUT2D eigenvalue weighted by atomic mass is 9.95. The topological polar surface area (TPSA) is 69.9 Å². The van der Waals surface area contributed by atoms with Gasteiger partial charge in [-0.15, -0.1) is 0 Å². The smallest absolute Gasteiger partial charge is 0.338 e. The number of hydrogen-bond acceptors (Lipinski definition) is 6. The lowest BCUT2D eigenvalue weighted by molar-refractivity contribution is -0.139. The Hall–Kier alpha value is -4.75. The lowest BCUT2D eigenvalue weighted by Crippen LogP contribution is -2.39. The maximum absolute atomic E-state index is 13.8. The van der Waals surface area contributed by atoms with Crippen molar-refractivity contribution in [1.82, 2.24) is 4.57 Å². The van der Waals surface area contributed by atoms with E-state index in [0.29, 0.717) is 27.2 Å². The summed E-state index contributed by atoms with van der Waals surface area (Å²) in [6, 6.07) is 29.4. The van der Waals surface area contributed by atoms with E-state index in [2.05, 4.69) is 29.3 Å². The standard InChI is InChI=1S/C35H30N2O4S/c1-4-40-34(39)31-23(3)36-35-37(32(31)26-16-12-22(2)13-17-26)33(38)30(42-35)20-24-14-18-28(19-15-24)41-21-27-10-7-9-25-8-5-6-11-29(25)27/h5-20,32H,4,21H2,1-3H3/b30-20-/t32-/m0/s1. The van der Waals surface area contributed by atoms with Gasteiger partial charge < -0.3 is 9.47 Å². The van der Waals surface area contributed by atoms with Crippen LogP contribution >= 0.6 is 11.3 Å². The Kier molecular flexibility index (Phi) is 7.59. The van der Waals surface area contributed by atoms with Crippen LogP contribution < -0.4 is 19.6 Å². The number of fused-ring (bicyclic) bond motifs is 2. The van der Waals surface area contributed by atoms with Gasteiger partial charge in [0, 0.05) is 0 Å². The Balaban J connectivity index is 1.31. The highest BCUT2D eigenvalue weighted by molar-refractivity contribution is 7.07. The number of rotatable bonds is 7. The van der Waals surface area contributed by atoms with Gasteiger partial charge in [0.2, 0.25) is 0 Å². The molecule has 7 heteroatoms. The third-order valence-corrected chi connectivity index (χ3v) is 8.35. The van der Waals surface area contributed by atoms with Crippen LogP contribution in [0.5, 0.6) is 5.75 Å². The molecule has 4 aromatic carbocycles. The van der Waals surface area contributed by atoms with E-state index in [1.165, 1.54) is 22.1 Å². The lowest BCUT2D eigenvalue weighted by Gasteiger charge is -2.24. The Morgan fingerprint density at radius 2 is 1.69 bits per heavy atom. The summed E-state index contributed by atoms with van der Waals surface area (Å²) in [5.41, 5.74) is 4.65. The molecule has 0 N–H and O–H groups in total. The second kappa shape index (κ2) is 11.6. The second-order valence-corrected chi connectivity index (χ2v) is 11.2. The van der Waals surface area contributed by atoms with Gasteiger partial charge in [-0.1, -0.05) is 95.8 Å². The summed E-state index contributed by atoms with van der Waals surface area (Å²) in [6.45, 7) is 6.26. The molecular formula is C35H30N2O4S. The number of aryl methyl sites for hydroxylation is 1. The fraction of sp³-hybridized carbons (Fsp3) is 0.171. The minimum Gasteiger partial charge on any atom is -0.489 e. The predicted octanol–water partition coefficient (Wildman–Crippen LogP) is 5.84. The zero-order chi connectivity index (χ0) is 29.2. The van der Waals surface area contributed by atoms with Crippen molar-refractivity contribution in [2.75, 3.05) is 6.61 Å². The Labute approximate surface area is 247 Å². The van der Waals surface area contributed by atoms with Gasteiger partial charge >= 0.3 is 5.97 Å². The number of ether oxygens (including phenoxy) is 2. The van der Waals surface area contributed by atoms with E-state index in [1.807, 2.05) is 79.7 Å². The zero-order valence-corrected chi connectivity index (χ0v) is 24.5. The molecule has 6 rings (SSSR count). The number of hydrogen-bond donors (Lipinski definition) is 0. The summed E-state index contributed by atoms with van der Waals surface area (Å²) in [5, 5.41) is 2.36. The molecule has 1 aromatic heterocycles. The van der Waals surface area contributed by atoms with Gasteiger partial charge in [-0.3, -0.25) is 9.36 Å². The number of allylic oxidation sites excluding steroid dienone is 1. The molecule has 5 aromatic rings. The van der Waals surface area contributed by atoms with Crippen LogP contribution in [0.2, 0.25) is 0 Å². The van der Waals surface area contributed by atoms with Gasteiger partial charge in [0.15, 0.2) is 4.80 Å². The van der Waals surface area contributed by atoms with Crippen molar-refractivity contribution in [2.24, 2.45) is 4.99 Å². The van der Waals surface area contributed by atoms with E-state index < -0.39 is 12.0 Å². The quantitative estimate of drug-likeness (QED) is 0.229. The van der Waals surface area contributed by atoms with Crippen molar-refractivity contribution in [3.05, 3.63) is 144 Å². The molecule has 0 fully saturated rings. The Bertz CT molecular complexity index is 2000. The van der Waals surface area contributed by atoms with Crippen LogP contribution in [0.4, 0.5) is 0 Å². The number of carbonyl (C=O) groups excluding carboxylic acids is 1. The highest BCUT2D eigenvalue weighted by Crippen LogP contribution is 2.31. The number of thiazole rings is 1. The summed E-state index contributed by atoms with van der Waals surface area (Å²) in [6.07, 6.45) is 1.86. The van der Waals surface area contributed by atoms with Crippen molar-refractivity contribution in [3.63, 3.8) is 0 Å². The highest BCUT2D eigenvalue weighted by atomic mass is 32.1. The molecule has 1 atom stereocenters. The first-order chi connectivity index (χ1) is 20.4. The largest absolute Gasteiger partial charge is 0.489 e. The molecule has 0 aliphatic carbocycles. The molecule has 210 valence electrons. The first-order valence-electron chi connectivity index (χ1n) is 13.9. The first-order valence-corrected chi connectivity index (χ1v) is 14.7. The fourth-order valence-electron chi connectivity index (χ4n) is 5.25. The van der Waals surface area contributed by atoms with Crippen LogP contribution in [-0.2, 0) is 16.1 Å². The molecule has 42 heavy (non-hydrogen) atoms. The first kappa shape index (κ1) is 27.4. The molecule has 0 radical (unpaired) electrons. The fourth-order valence-corrected chi connectivity index (χ4v) is 6.29. The summed E-state index contributed by atoms with van der Waals surface area (Å²) in [4.78, 5) is 32.1. The van der Waals surface area contributed by atoms with Crippen molar-refractivity contribution in [2.45, 2.75) is 33.4 Å². The van der Waals surface area contributed by atoms with E-state index in [1.54, 1.807) is 18.4 Å². The molecule has 0 spiro atoms. The summed E-state index contributed by atoms with van der Waals surface area (Å²) >= 11 is 1.31. The molecule has 0 saturated carbocycles. The SMILES string of the molecule is CCOC(=O)C1=C(C)N=c2s/c(=C\c3ccc(OCc4cccc5ccccc45)cc3)c(=O)n2[C@H]1c1ccc(C)cc1. The van der Waals surface area contributed by atoms with E-state index in [-0.39, 0.29) is 12.2 Å². The predicted molar refractivity (Wildman–Crippen MR) is 166 cm³/mol. The number of carbonyl (C=O) groups is 1. The van der Waals surface area contributed by atoms with Crippen molar-refractivity contribution in [1.29, 1.82) is 0 Å². The van der Waals surface area contributed by atoms with E-state index in [4.69, 9.17) is 9.47 Å². The zero-order valence-electron chi connectivity index (χ0n) is 23.7. The van der Waals surface area contributed by atoms with Crippen LogP contribution in [0.1, 0.15) is 42.1 Å². The van der Waals surface area contributed by atoms with Gasteiger partial charge in [0.1, 0.15) is 12.4 Å². The molecule has 6 nitrogen and oxygen atoms in total. The number of esters is 1. The van der Waals surface area contributed by atoms with Crippen LogP contribution in [0.15, 0.2) is 112 Å². The number of nitrogens with zero attached hydrogens (tertiary/aromatic N) is 2. The molecule has 1 aliphatic heterocycles. The Morgan fingerprint density at radius 3 is 2.45 bits per heavy atom. The molecule has 2 heterocycles. The average molecular weight is 575 g/mol. The average Bonchev–Trinajstić information content (AvgIpc) is 3.30. The normalized spacial score (nSPS) is 14.9.